The van der Waals surface area contributed by atoms with Crippen molar-refractivity contribution in [1.82, 2.24) is 9.55 Å². The molecule has 0 saturated heterocycles. The highest BCUT2D eigenvalue weighted by Crippen LogP contribution is 2.27. The smallest absolute Gasteiger partial charge is 0.258 e. The second kappa shape index (κ2) is 7.76. The molecule has 0 atom stereocenters. The van der Waals surface area contributed by atoms with Crippen molar-refractivity contribution in [2.24, 2.45) is 0 Å². The van der Waals surface area contributed by atoms with Gasteiger partial charge in [0.25, 0.3) is 5.56 Å². The summed E-state index contributed by atoms with van der Waals surface area (Å²) in [6.45, 7) is 6.74. The molecule has 0 saturated carbocycles. The molecule has 0 N–H and O–H groups in total. The van der Waals surface area contributed by atoms with Gasteiger partial charge in [0, 0.05) is 23.3 Å². The van der Waals surface area contributed by atoms with Gasteiger partial charge >= 0.3 is 0 Å². The molecule has 4 nitrogen and oxygen atoms in total. The number of allylic oxidation sites excluding steroid dienone is 1. The van der Waals surface area contributed by atoms with E-state index in [1.165, 1.54) is 16.7 Å². The van der Waals surface area contributed by atoms with E-state index in [1.54, 1.807) is 22.0 Å². The van der Waals surface area contributed by atoms with Gasteiger partial charge in [-0.15, -0.1) is 11.3 Å². The number of hydrogen-bond donors (Lipinski definition) is 0. The lowest BCUT2D eigenvalue weighted by Gasteiger charge is -2.18. The van der Waals surface area contributed by atoms with E-state index in [0.717, 1.165) is 29.2 Å². The van der Waals surface area contributed by atoms with Crippen molar-refractivity contribution in [2.45, 2.75) is 46.1 Å². The van der Waals surface area contributed by atoms with E-state index < -0.39 is 0 Å². The number of rotatable bonds is 5. The Labute approximate surface area is 169 Å². The third-order valence-electron chi connectivity index (χ3n) is 4.99. The third kappa shape index (κ3) is 3.94. The molecule has 1 aromatic carbocycles. The highest BCUT2D eigenvalue weighted by molar-refractivity contribution is 7.09. The van der Waals surface area contributed by atoms with E-state index in [-0.39, 0.29) is 5.56 Å². The average Bonchev–Trinajstić information content (AvgIpc) is 3.15. The highest BCUT2D eigenvalue weighted by Gasteiger charge is 2.13. The molecule has 4 rings (SSSR count). The number of aryl methyl sites for hydroxylation is 2. The van der Waals surface area contributed by atoms with Crippen LogP contribution in [0, 0.1) is 6.92 Å². The molecule has 1 aliphatic carbocycles. The fourth-order valence-corrected chi connectivity index (χ4v) is 4.25. The lowest BCUT2D eigenvalue weighted by atomic mass is 9.94. The normalized spacial score (nSPS) is 13.4. The summed E-state index contributed by atoms with van der Waals surface area (Å²) in [7, 11) is 0. The predicted octanol–water partition coefficient (Wildman–Crippen LogP) is 5.26. The number of aromatic nitrogens is 2. The summed E-state index contributed by atoms with van der Waals surface area (Å²) in [5.41, 5.74) is 5.86. The Kier molecular flexibility index (Phi) is 5.18. The van der Waals surface area contributed by atoms with Crippen LogP contribution in [0.3, 0.4) is 0 Å². The summed E-state index contributed by atoms with van der Waals surface area (Å²) in [5, 5.41) is 2.99. The van der Waals surface area contributed by atoms with Crippen LogP contribution in [0.25, 0.3) is 11.8 Å². The maximum atomic E-state index is 12.6. The number of nitrogens with zero attached hydrogens (tertiary/aromatic N) is 2. The number of hydrogen-bond acceptors (Lipinski definition) is 4. The number of benzene rings is 1. The quantitative estimate of drug-likeness (QED) is 0.595. The fraction of sp³-hybridized carbons (Fsp3) is 0.304. The third-order valence-corrected chi connectivity index (χ3v) is 5.84. The van der Waals surface area contributed by atoms with E-state index >= 15 is 0 Å². The Hall–Kier alpha value is -2.66. The summed E-state index contributed by atoms with van der Waals surface area (Å²) in [4.78, 5) is 17.2. The van der Waals surface area contributed by atoms with Crippen LogP contribution in [0.2, 0.25) is 0 Å². The van der Waals surface area contributed by atoms with Crippen molar-refractivity contribution >= 4 is 23.1 Å². The first-order chi connectivity index (χ1) is 13.5. The molecule has 144 valence electrons. The van der Waals surface area contributed by atoms with E-state index in [4.69, 9.17) is 4.74 Å². The number of fused-ring (bicyclic) bond motifs is 1. The van der Waals surface area contributed by atoms with Gasteiger partial charge in [-0.1, -0.05) is 37.6 Å². The molecule has 5 heteroatoms. The van der Waals surface area contributed by atoms with Crippen LogP contribution in [0.15, 0.2) is 46.7 Å². The van der Waals surface area contributed by atoms with Gasteiger partial charge in [-0.05, 0) is 49.0 Å². The predicted molar refractivity (Wildman–Crippen MR) is 115 cm³/mol. The fourth-order valence-electron chi connectivity index (χ4n) is 3.39. The first-order valence-electron chi connectivity index (χ1n) is 9.60. The monoisotopic (exact) mass is 392 g/mol. The van der Waals surface area contributed by atoms with Crippen molar-refractivity contribution in [3.63, 3.8) is 0 Å². The zero-order valence-electron chi connectivity index (χ0n) is 16.4. The zero-order valence-corrected chi connectivity index (χ0v) is 17.3. The van der Waals surface area contributed by atoms with Gasteiger partial charge < -0.3 is 4.74 Å². The number of ether oxygens (including phenoxy) is 1. The van der Waals surface area contributed by atoms with Crippen LogP contribution in [-0.2, 0) is 13.0 Å². The molecule has 2 aromatic heterocycles. The van der Waals surface area contributed by atoms with Crippen molar-refractivity contribution in [2.75, 3.05) is 0 Å². The van der Waals surface area contributed by atoms with E-state index in [2.05, 4.69) is 55.4 Å². The Morgan fingerprint density at radius 1 is 1.21 bits per heavy atom. The van der Waals surface area contributed by atoms with Gasteiger partial charge in [0.15, 0.2) is 0 Å². The van der Waals surface area contributed by atoms with Crippen LogP contribution in [-0.4, -0.2) is 9.55 Å². The van der Waals surface area contributed by atoms with Gasteiger partial charge in [0.05, 0.1) is 5.69 Å². The van der Waals surface area contributed by atoms with Crippen LogP contribution in [0.5, 0.6) is 5.75 Å². The summed E-state index contributed by atoms with van der Waals surface area (Å²) in [5.74, 6) is 0.988. The second-order valence-electron chi connectivity index (χ2n) is 7.52. The molecule has 0 fully saturated rings. The molecule has 1 aliphatic rings. The number of thiazole rings is 1. The summed E-state index contributed by atoms with van der Waals surface area (Å²) < 4.78 is 7.51. The Morgan fingerprint density at radius 2 is 2.07 bits per heavy atom. The molecule has 3 aromatic rings. The van der Waals surface area contributed by atoms with E-state index in [0.29, 0.717) is 18.3 Å². The van der Waals surface area contributed by atoms with Crippen LogP contribution >= 0.6 is 11.3 Å². The maximum absolute atomic E-state index is 12.6. The molecule has 2 heterocycles. The minimum atomic E-state index is -0.0682. The minimum Gasteiger partial charge on any atom is -0.486 e. The van der Waals surface area contributed by atoms with Crippen molar-refractivity contribution < 1.29 is 4.74 Å². The maximum Gasteiger partial charge on any atom is 0.258 e. The highest BCUT2D eigenvalue weighted by atomic mass is 32.1. The topological polar surface area (TPSA) is 44.1 Å². The van der Waals surface area contributed by atoms with E-state index in [9.17, 15) is 4.79 Å². The zero-order chi connectivity index (χ0) is 19.7. The van der Waals surface area contributed by atoms with Crippen LogP contribution in [0.4, 0.5) is 0 Å². The van der Waals surface area contributed by atoms with Crippen molar-refractivity contribution in [3.05, 3.63) is 79.7 Å². The largest absolute Gasteiger partial charge is 0.486 e. The average molecular weight is 393 g/mol. The first-order valence-corrected chi connectivity index (χ1v) is 10.5. The molecule has 0 radical (unpaired) electrons. The molecule has 0 bridgehead atoms. The molecule has 0 amide bonds. The van der Waals surface area contributed by atoms with Gasteiger partial charge in [-0.2, -0.15) is 0 Å². The molecule has 0 spiro atoms. The molecule has 28 heavy (non-hydrogen) atoms. The molecular formula is C23H24N2O2S. The molecule has 0 unspecified atom stereocenters. The second-order valence-corrected chi connectivity index (χ2v) is 8.46. The molecular weight excluding hydrogens is 368 g/mol. The molecule has 0 aliphatic heterocycles. The standard InChI is InChI=1S/C23H24N2O2S/c1-15(2)21-14-28-22(24-21)13-27-20-8-9-25(23(26)12-20)19-7-6-17-10-16(3)4-5-18(17)11-19/h4-5,8-12,14-15H,6-7,13H2,1-3H3. The Morgan fingerprint density at radius 3 is 2.82 bits per heavy atom. The lowest BCUT2D eigenvalue weighted by Crippen LogP contribution is -2.19. The van der Waals surface area contributed by atoms with Gasteiger partial charge in [-0.25, -0.2) is 4.98 Å². The van der Waals surface area contributed by atoms with Gasteiger partial charge in [0.1, 0.15) is 17.4 Å². The van der Waals surface area contributed by atoms with Crippen molar-refractivity contribution in [1.29, 1.82) is 0 Å². The summed E-state index contributed by atoms with van der Waals surface area (Å²) in [6.07, 6.45) is 5.73. The minimum absolute atomic E-state index is 0.0682. The lowest BCUT2D eigenvalue weighted by molar-refractivity contribution is 0.304. The SMILES string of the molecule is Cc1ccc2c(c1)CCC(n1ccc(OCc3nc(C(C)C)cs3)cc1=O)=C2. The summed E-state index contributed by atoms with van der Waals surface area (Å²) in [6, 6.07) is 9.88. The van der Waals surface area contributed by atoms with Gasteiger partial charge in [-0.3, -0.25) is 9.36 Å². The van der Waals surface area contributed by atoms with Crippen molar-refractivity contribution in [3.8, 4) is 5.75 Å². The van der Waals surface area contributed by atoms with E-state index in [1.807, 2.05) is 12.3 Å². The van der Waals surface area contributed by atoms with Crippen LogP contribution < -0.4 is 10.3 Å². The number of pyridine rings is 1. The Balaban J connectivity index is 1.50. The first kappa shape index (κ1) is 18.7. The summed E-state index contributed by atoms with van der Waals surface area (Å²) >= 11 is 1.59. The Bertz CT molecular complexity index is 1090. The van der Waals surface area contributed by atoms with Crippen LogP contribution in [0.1, 0.15) is 53.6 Å². The van der Waals surface area contributed by atoms with Gasteiger partial charge in [0.2, 0.25) is 0 Å².